The van der Waals surface area contributed by atoms with E-state index in [-0.39, 0.29) is 18.3 Å². The topological polar surface area (TPSA) is 88.2 Å². The van der Waals surface area contributed by atoms with Gasteiger partial charge in [-0.2, -0.15) is 5.10 Å². The molecule has 0 saturated heterocycles. The number of H-pyrrole nitrogens is 1. The molecule has 7 nitrogen and oxygen atoms in total. The highest BCUT2D eigenvalue weighted by atomic mass is 16.5. The van der Waals surface area contributed by atoms with Crippen LogP contribution in [0.3, 0.4) is 0 Å². The number of carbonyl (C=O) groups excluding carboxylic acids is 2. The zero-order valence-corrected chi connectivity index (χ0v) is 8.56. The van der Waals surface area contributed by atoms with Crippen LogP contribution in [0.5, 0.6) is 0 Å². The number of hydrogen-bond donors (Lipinski definition) is 1. The van der Waals surface area contributed by atoms with Crippen LogP contribution in [0.25, 0.3) is 0 Å². The van der Waals surface area contributed by atoms with Crippen LogP contribution in [0.15, 0.2) is 6.33 Å². The molecule has 0 aromatic carbocycles. The number of hydrogen-bond acceptors (Lipinski definition) is 5. The van der Waals surface area contributed by atoms with Crippen molar-refractivity contribution in [3.05, 3.63) is 12.2 Å². The molecule has 0 aliphatic heterocycles. The second-order valence-electron chi connectivity index (χ2n) is 2.73. The Morgan fingerprint density at radius 2 is 2.33 bits per heavy atom. The van der Waals surface area contributed by atoms with E-state index in [1.54, 1.807) is 6.92 Å². The first-order chi connectivity index (χ1) is 7.19. The van der Waals surface area contributed by atoms with E-state index in [1.165, 1.54) is 18.3 Å². The number of amides is 1. The lowest BCUT2D eigenvalue weighted by Gasteiger charge is -2.17. The summed E-state index contributed by atoms with van der Waals surface area (Å²) in [7, 11) is 1.27. The van der Waals surface area contributed by atoms with Crippen molar-refractivity contribution in [2.24, 2.45) is 0 Å². The molecule has 0 saturated carbocycles. The predicted octanol–water partition coefficient (Wildman–Crippen LogP) is -0.560. The van der Waals surface area contributed by atoms with Gasteiger partial charge in [0, 0.05) is 6.54 Å². The quantitative estimate of drug-likeness (QED) is 0.676. The van der Waals surface area contributed by atoms with Gasteiger partial charge in [0.15, 0.2) is 0 Å². The maximum absolute atomic E-state index is 11.7. The fourth-order valence-corrected chi connectivity index (χ4v) is 1.01. The van der Waals surface area contributed by atoms with E-state index >= 15 is 0 Å². The van der Waals surface area contributed by atoms with E-state index in [0.717, 1.165) is 0 Å². The minimum Gasteiger partial charge on any atom is -0.468 e. The molecule has 1 aromatic heterocycles. The van der Waals surface area contributed by atoms with E-state index in [2.05, 4.69) is 19.9 Å². The number of aromatic nitrogens is 3. The summed E-state index contributed by atoms with van der Waals surface area (Å²) in [6, 6.07) is 0. The van der Waals surface area contributed by atoms with Gasteiger partial charge < -0.3 is 9.64 Å². The Balaban J connectivity index is 2.67. The molecule has 0 spiro atoms. The zero-order chi connectivity index (χ0) is 11.3. The third-order valence-electron chi connectivity index (χ3n) is 1.83. The van der Waals surface area contributed by atoms with Crippen molar-refractivity contribution in [2.75, 3.05) is 20.2 Å². The molecule has 15 heavy (non-hydrogen) atoms. The highest BCUT2D eigenvalue weighted by Crippen LogP contribution is 1.97. The molecular weight excluding hydrogens is 200 g/mol. The first-order valence-corrected chi connectivity index (χ1v) is 4.40. The van der Waals surface area contributed by atoms with E-state index < -0.39 is 5.97 Å². The van der Waals surface area contributed by atoms with Gasteiger partial charge in [0.2, 0.25) is 5.82 Å². The van der Waals surface area contributed by atoms with Gasteiger partial charge in [0.1, 0.15) is 12.9 Å². The molecule has 0 unspecified atom stereocenters. The number of methoxy groups -OCH3 is 1. The van der Waals surface area contributed by atoms with E-state index in [1.807, 2.05) is 0 Å². The first kappa shape index (κ1) is 11.2. The Kier molecular flexibility index (Phi) is 3.78. The van der Waals surface area contributed by atoms with Gasteiger partial charge in [-0.3, -0.25) is 14.7 Å². The summed E-state index contributed by atoms with van der Waals surface area (Å²) in [5.41, 5.74) is 0. The Bertz CT molecular complexity index is 336. The van der Waals surface area contributed by atoms with Crippen molar-refractivity contribution in [2.45, 2.75) is 6.92 Å². The summed E-state index contributed by atoms with van der Waals surface area (Å²) in [4.78, 5) is 27.7. The maximum atomic E-state index is 11.7. The molecule has 82 valence electrons. The van der Waals surface area contributed by atoms with Crippen LogP contribution in [0.2, 0.25) is 0 Å². The van der Waals surface area contributed by atoms with Crippen LogP contribution in [0.4, 0.5) is 0 Å². The van der Waals surface area contributed by atoms with Crippen LogP contribution in [0, 0.1) is 0 Å². The predicted molar refractivity (Wildman–Crippen MR) is 50.0 cm³/mol. The van der Waals surface area contributed by atoms with E-state index in [0.29, 0.717) is 6.54 Å². The van der Waals surface area contributed by atoms with Gasteiger partial charge in [-0.15, -0.1) is 0 Å². The van der Waals surface area contributed by atoms with Gasteiger partial charge in [0.25, 0.3) is 5.91 Å². The zero-order valence-electron chi connectivity index (χ0n) is 8.56. The third-order valence-corrected chi connectivity index (χ3v) is 1.83. The number of rotatable bonds is 4. The van der Waals surface area contributed by atoms with Crippen LogP contribution in [-0.4, -0.2) is 52.2 Å². The fourth-order valence-electron chi connectivity index (χ4n) is 1.01. The molecule has 0 atom stereocenters. The molecule has 1 N–H and O–H groups in total. The lowest BCUT2D eigenvalue weighted by molar-refractivity contribution is -0.141. The minimum atomic E-state index is -0.468. The second-order valence-corrected chi connectivity index (χ2v) is 2.73. The molecule has 1 heterocycles. The summed E-state index contributed by atoms with van der Waals surface area (Å²) in [5.74, 6) is -0.731. The first-order valence-electron chi connectivity index (χ1n) is 4.40. The molecular formula is C8H12N4O3. The van der Waals surface area contributed by atoms with Crippen molar-refractivity contribution in [3.63, 3.8) is 0 Å². The standard InChI is InChI=1S/C8H12N4O3/c1-3-12(4-6(13)15-2)8(14)7-9-5-10-11-7/h5H,3-4H2,1-2H3,(H,9,10,11). The number of likely N-dealkylation sites (N-methyl/N-ethyl adjacent to an activating group) is 1. The van der Waals surface area contributed by atoms with Crippen LogP contribution in [-0.2, 0) is 9.53 Å². The summed E-state index contributed by atoms with van der Waals surface area (Å²) in [5, 5.41) is 6.00. The van der Waals surface area contributed by atoms with Gasteiger partial charge in [-0.25, -0.2) is 4.98 Å². The monoisotopic (exact) mass is 212 g/mol. The van der Waals surface area contributed by atoms with E-state index in [4.69, 9.17) is 0 Å². The highest BCUT2D eigenvalue weighted by molar-refractivity contribution is 5.92. The maximum Gasteiger partial charge on any atom is 0.325 e. The number of esters is 1. The van der Waals surface area contributed by atoms with Gasteiger partial charge in [-0.1, -0.05) is 0 Å². The molecule has 0 fully saturated rings. The van der Waals surface area contributed by atoms with Crippen LogP contribution in [0.1, 0.15) is 17.5 Å². The van der Waals surface area contributed by atoms with Crippen molar-refractivity contribution < 1.29 is 14.3 Å². The van der Waals surface area contributed by atoms with Crippen molar-refractivity contribution in [1.29, 1.82) is 0 Å². The van der Waals surface area contributed by atoms with Crippen LogP contribution < -0.4 is 0 Å². The largest absolute Gasteiger partial charge is 0.468 e. The number of carbonyl (C=O) groups is 2. The van der Waals surface area contributed by atoms with Gasteiger partial charge in [0.05, 0.1) is 7.11 Å². The smallest absolute Gasteiger partial charge is 0.325 e. The summed E-state index contributed by atoms with van der Waals surface area (Å²) >= 11 is 0. The number of ether oxygens (including phenoxy) is 1. The number of aromatic amines is 1. The van der Waals surface area contributed by atoms with Crippen molar-refractivity contribution in [1.82, 2.24) is 20.1 Å². The Morgan fingerprint density at radius 1 is 1.60 bits per heavy atom. The van der Waals surface area contributed by atoms with E-state index in [9.17, 15) is 9.59 Å². The fraction of sp³-hybridized carbons (Fsp3) is 0.500. The van der Waals surface area contributed by atoms with Gasteiger partial charge >= 0.3 is 5.97 Å². The molecule has 0 bridgehead atoms. The lowest BCUT2D eigenvalue weighted by atomic mass is 10.4. The summed E-state index contributed by atoms with van der Waals surface area (Å²) < 4.78 is 4.47. The summed E-state index contributed by atoms with van der Waals surface area (Å²) in [6.07, 6.45) is 1.24. The van der Waals surface area contributed by atoms with Crippen molar-refractivity contribution >= 4 is 11.9 Å². The Labute approximate surface area is 86.4 Å². The molecule has 1 amide bonds. The Hall–Kier alpha value is -1.92. The van der Waals surface area contributed by atoms with Crippen molar-refractivity contribution in [3.8, 4) is 0 Å². The Morgan fingerprint density at radius 3 is 2.80 bits per heavy atom. The average Bonchev–Trinajstić information content (AvgIpc) is 2.77. The number of nitrogens with zero attached hydrogens (tertiary/aromatic N) is 3. The SMILES string of the molecule is CCN(CC(=O)OC)C(=O)c1ncn[nH]1. The summed E-state index contributed by atoms with van der Waals surface area (Å²) in [6.45, 7) is 2.07. The molecule has 0 aliphatic rings. The molecule has 0 radical (unpaired) electrons. The third kappa shape index (κ3) is 2.76. The van der Waals surface area contributed by atoms with Gasteiger partial charge in [-0.05, 0) is 6.92 Å². The average molecular weight is 212 g/mol. The molecule has 7 heteroatoms. The number of nitrogens with one attached hydrogen (secondary N) is 1. The highest BCUT2D eigenvalue weighted by Gasteiger charge is 2.19. The second kappa shape index (κ2) is 5.08. The molecule has 0 aliphatic carbocycles. The normalized spacial score (nSPS) is 9.73. The van der Waals surface area contributed by atoms with Crippen LogP contribution >= 0.6 is 0 Å². The minimum absolute atomic E-state index is 0.0907. The lowest BCUT2D eigenvalue weighted by Crippen LogP contribution is -2.36. The molecule has 1 rings (SSSR count). The molecule has 1 aromatic rings.